The predicted molar refractivity (Wildman–Crippen MR) is 78.5 cm³/mol. The maximum Gasteiger partial charge on any atom is 0.307 e. The lowest BCUT2D eigenvalue weighted by molar-refractivity contribution is -0.136. The smallest absolute Gasteiger partial charge is 0.307 e. The van der Waals surface area contributed by atoms with E-state index in [2.05, 4.69) is 5.32 Å². The third kappa shape index (κ3) is 3.52. The number of hydrogen-bond acceptors (Lipinski definition) is 3. The molecular weight excluding hydrogens is 289 g/mol. The number of amides is 1. The van der Waals surface area contributed by atoms with Crippen LogP contribution in [-0.2, 0) is 11.2 Å². The molecule has 0 aliphatic rings. The van der Waals surface area contributed by atoms with Crippen LogP contribution >= 0.6 is 0 Å². The van der Waals surface area contributed by atoms with Crippen molar-refractivity contribution in [3.8, 4) is 0 Å². The minimum atomic E-state index is -1.12. The van der Waals surface area contributed by atoms with Crippen LogP contribution in [-0.4, -0.2) is 17.0 Å². The number of benzene rings is 1. The van der Waals surface area contributed by atoms with Crippen molar-refractivity contribution >= 4 is 17.6 Å². The molecule has 0 aliphatic heterocycles. The highest BCUT2D eigenvalue weighted by Gasteiger charge is 2.18. The summed E-state index contributed by atoms with van der Waals surface area (Å²) in [5.74, 6) is -1.96. The highest BCUT2D eigenvalue weighted by Crippen LogP contribution is 2.22. The zero-order valence-corrected chi connectivity index (χ0v) is 12.2. The Morgan fingerprint density at radius 2 is 2.05 bits per heavy atom. The third-order valence-corrected chi connectivity index (χ3v) is 3.18. The lowest BCUT2D eigenvalue weighted by Crippen LogP contribution is -2.14. The van der Waals surface area contributed by atoms with Gasteiger partial charge in [0.2, 0.25) is 0 Å². The lowest BCUT2D eigenvalue weighted by Gasteiger charge is -2.08. The lowest BCUT2D eigenvalue weighted by atomic mass is 10.0. The number of aliphatic carboxylic acids is 1. The van der Waals surface area contributed by atoms with Gasteiger partial charge in [-0.15, -0.1) is 0 Å². The molecule has 5 nitrogen and oxygen atoms in total. The first-order chi connectivity index (χ1) is 10.4. The molecule has 2 rings (SSSR count). The molecule has 0 saturated carbocycles. The fourth-order valence-electron chi connectivity index (χ4n) is 2.08. The van der Waals surface area contributed by atoms with Crippen LogP contribution in [0, 0.1) is 5.82 Å². The number of furan rings is 1. The molecule has 0 spiro atoms. The van der Waals surface area contributed by atoms with Crippen molar-refractivity contribution in [1.29, 1.82) is 0 Å². The Bertz CT molecular complexity index is 706. The van der Waals surface area contributed by atoms with E-state index in [4.69, 9.17) is 9.52 Å². The minimum absolute atomic E-state index is 0.0615. The van der Waals surface area contributed by atoms with Gasteiger partial charge in [-0.05, 0) is 29.7 Å². The molecule has 2 N–H and O–H groups in total. The van der Waals surface area contributed by atoms with Gasteiger partial charge in [0.05, 0.1) is 12.7 Å². The molecule has 0 saturated heterocycles. The van der Waals surface area contributed by atoms with Gasteiger partial charge in [-0.2, -0.15) is 0 Å². The van der Waals surface area contributed by atoms with Gasteiger partial charge < -0.3 is 14.8 Å². The summed E-state index contributed by atoms with van der Waals surface area (Å²) >= 11 is 0. The Balaban J connectivity index is 2.17. The molecule has 1 amide bonds. The first-order valence-corrected chi connectivity index (χ1v) is 6.77. The van der Waals surface area contributed by atoms with E-state index < -0.39 is 24.1 Å². The minimum Gasteiger partial charge on any atom is -0.481 e. The van der Waals surface area contributed by atoms with E-state index in [1.54, 1.807) is 6.07 Å². The average molecular weight is 305 g/mol. The molecule has 1 aromatic heterocycles. The highest BCUT2D eigenvalue weighted by atomic mass is 19.1. The summed E-state index contributed by atoms with van der Waals surface area (Å²) in [5, 5.41) is 11.2. The molecule has 2 aromatic rings. The Morgan fingerprint density at radius 1 is 1.32 bits per heavy atom. The first kappa shape index (κ1) is 15.8. The molecule has 0 fully saturated rings. The molecule has 1 aromatic carbocycles. The summed E-state index contributed by atoms with van der Waals surface area (Å²) < 4.78 is 19.0. The Kier molecular flexibility index (Phi) is 4.60. The number of halogens is 1. The van der Waals surface area contributed by atoms with Crippen molar-refractivity contribution in [3.05, 3.63) is 53.2 Å². The van der Waals surface area contributed by atoms with Crippen LogP contribution in [0.15, 0.2) is 34.9 Å². The number of nitrogens with one attached hydrogen (secondary N) is 1. The van der Waals surface area contributed by atoms with E-state index in [1.165, 1.54) is 18.4 Å². The van der Waals surface area contributed by atoms with Gasteiger partial charge in [-0.25, -0.2) is 4.39 Å². The van der Waals surface area contributed by atoms with Gasteiger partial charge in [0, 0.05) is 11.3 Å². The topological polar surface area (TPSA) is 79.5 Å². The summed E-state index contributed by atoms with van der Waals surface area (Å²) in [6.07, 6.45) is 1.02. The summed E-state index contributed by atoms with van der Waals surface area (Å²) in [6.45, 7) is 3.87. The van der Waals surface area contributed by atoms with Crippen molar-refractivity contribution in [2.24, 2.45) is 0 Å². The maximum absolute atomic E-state index is 13.8. The summed E-state index contributed by atoms with van der Waals surface area (Å²) in [5.41, 5.74) is 1.06. The fraction of sp³-hybridized carbons (Fsp3) is 0.250. The number of carbonyl (C=O) groups excluding carboxylic acids is 1. The number of anilines is 1. The molecule has 1 heterocycles. The SMILES string of the molecule is CC(C)c1ccoc1C(=O)Nc1ccc(CC(=O)O)c(F)c1. The molecule has 0 radical (unpaired) electrons. The zero-order valence-electron chi connectivity index (χ0n) is 12.2. The average Bonchev–Trinajstić information content (AvgIpc) is 2.91. The van der Waals surface area contributed by atoms with Crippen molar-refractivity contribution < 1.29 is 23.5 Å². The van der Waals surface area contributed by atoms with Crippen molar-refractivity contribution in [1.82, 2.24) is 0 Å². The van der Waals surface area contributed by atoms with E-state index in [-0.39, 0.29) is 22.9 Å². The molecule has 116 valence electrons. The van der Waals surface area contributed by atoms with Gasteiger partial charge in [0.25, 0.3) is 5.91 Å². The molecule has 0 bridgehead atoms. The molecule has 0 aliphatic carbocycles. The fourth-order valence-corrected chi connectivity index (χ4v) is 2.08. The van der Waals surface area contributed by atoms with Crippen molar-refractivity contribution in [2.75, 3.05) is 5.32 Å². The van der Waals surface area contributed by atoms with E-state index >= 15 is 0 Å². The molecule has 6 heteroatoms. The van der Waals surface area contributed by atoms with E-state index in [0.717, 1.165) is 11.6 Å². The van der Waals surface area contributed by atoms with Crippen LogP contribution in [0.25, 0.3) is 0 Å². The molecule has 0 unspecified atom stereocenters. The monoisotopic (exact) mass is 305 g/mol. The summed E-state index contributed by atoms with van der Waals surface area (Å²) in [6, 6.07) is 5.60. The quantitative estimate of drug-likeness (QED) is 0.887. The van der Waals surface area contributed by atoms with E-state index in [9.17, 15) is 14.0 Å². The van der Waals surface area contributed by atoms with Crippen LogP contribution in [0.5, 0.6) is 0 Å². The van der Waals surface area contributed by atoms with Gasteiger partial charge >= 0.3 is 5.97 Å². The van der Waals surface area contributed by atoms with Gasteiger partial charge in [-0.1, -0.05) is 19.9 Å². The third-order valence-electron chi connectivity index (χ3n) is 3.18. The standard InChI is InChI=1S/C16H16FNO4/c1-9(2)12-5-6-22-15(12)16(21)18-11-4-3-10(7-14(19)20)13(17)8-11/h3-6,8-9H,7H2,1-2H3,(H,18,21)(H,19,20). The second-order valence-electron chi connectivity index (χ2n) is 5.19. The largest absolute Gasteiger partial charge is 0.481 e. The molecule has 22 heavy (non-hydrogen) atoms. The number of rotatable bonds is 5. The van der Waals surface area contributed by atoms with Gasteiger partial charge in [0.1, 0.15) is 5.82 Å². The van der Waals surface area contributed by atoms with Crippen LogP contribution in [0.1, 0.15) is 41.4 Å². The van der Waals surface area contributed by atoms with Crippen LogP contribution in [0.4, 0.5) is 10.1 Å². The number of carboxylic acid groups (broad SMARTS) is 1. The maximum atomic E-state index is 13.8. The number of carbonyl (C=O) groups is 2. The van der Waals surface area contributed by atoms with Gasteiger partial charge in [0.15, 0.2) is 5.76 Å². The Morgan fingerprint density at radius 3 is 2.64 bits per heavy atom. The first-order valence-electron chi connectivity index (χ1n) is 6.77. The van der Waals surface area contributed by atoms with Crippen molar-refractivity contribution in [2.45, 2.75) is 26.2 Å². The van der Waals surface area contributed by atoms with Gasteiger partial charge in [-0.3, -0.25) is 9.59 Å². The summed E-state index contributed by atoms with van der Waals surface area (Å²) in [7, 11) is 0. The van der Waals surface area contributed by atoms with E-state index in [0.29, 0.717) is 0 Å². The Labute approximate surface area is 126 Å². The molecular formula is C16H16FNO4. The summed E-state index contributed by atoms with van der Waals surface area (Å²) in [4.78, 5) is 22.7. The predicted octanol–water partition coefficient (Wildman–Crippen LogP) is 3.42. The van der Waals surface area contributed by atoms with Crippen LogP contribution < -0.4 is 5.32 Å². The van der Waals surface area contributed by atoms with Crippen LogP contribution in [0.2, 0.25) is 0 Å². The second kappa shape index (κ2) is 6.43. The Hall–Kier alpha value is -2.63. The number of carboxylic acids is 1. The van der Waals surface area contributed by atoms with E-state index in [1.807, 2.05) is 13.8 Å². The number of hydrogen-bond donors (Lipinski definition) is 2. The van der Waals surface area contributed by atoms with Crippen LogP contribution in [0.3, 0.4) is 0 Å². The molecule has 0 atom stereocenters. The van der Waals surface area contributed by atoms with Crippen molar-refractivity contribution in [3.63, 3.8) is 0 Å². The zero-order chi connectivity index (χ0) is 16.3. The highest BCUT2D eigenvalue weighted by molar-refractivity contribution is 6.03. The normalized spacial score (nSPS) is 10.7. The second-order valence-corrected chi connectivity index (χ2v) is 5.19.